The first kappa shape index (κ1) is 13.8. The minimum absolute atomic E-state index is 0.620. The van der Waals surface area contributed by atoms with Crippen molar-refractivity contribution >= 4 is 11.9 Å². The summed E-state index contributed by atoms with van der Waals surface area (Å²) in [6.07, 6.45) is 6.12. The molecule has 0 saturated carbocycles. The van der Waals surface area contributed by atoms with E-state index in [0.29, 0.717) is 11.8 Å². The number of anilines is 2. The summed E-state index contributed by atoms with van der Waals surface area (Å²) in [5.74, 6) is 2.79. The maximum Gasteiger partial charge on any atom is 0.230 e. The highest BCUT2D eigenvalue weighted by atomic mass is 15.3. The second kappa shape index (κ2) is 6.07. The van der Waals surface area contributed by atoms with E-state index in [1.807, 2.05) is 17.7 Å². The van der Waals surface area contributed by atoms with Crippen LogP contribution in [-0.4, -0.2) is 44.1 Å². The Morgan fingerprint density at radius 2 is 1.95 bits per heavy atom. The molecule has 1 saturated heterocycles. The number of hydrogen-bond acceptors (Lipinski definition) is 6. The van der Waals surface area contributed by atoms with E-state index in [9.17, 15) is 0 Å². The van der Waals surface area contributed by atoms with Gasteiger partial charge in [-0.2, -0.15) is 15.0 Å². The SMILES string of the molecule is CCNc1nc(-c2nccn2CC)nc(N2CCCC2)n1. The van der Waals surface area contributed by atoms with Gasteiger partial charge in [-0.05, 0) is 26.7 Å². The Hall–Kier alpha value is -2.18. The van der Waals surface area contributed by atoms with Crippen LogP contribution in [0.1, 0.15) is 26.7 Å². The summed E-state index contributed by atoms with van der Waals surface area (Å²) < 4.78 is 2.04. The fourth-order valence-electron chi connectivity index (χ4n) is 2.53. The molecule has 1 aliphatic heterocycles. The van der Waals surface area contributed by atoms with Crippen molar-refractivity contribution < 1.29 is 0 Å². The van der Waals surface area contributed by atoms with Crippen molar-refractivity contribution in [1.29, 1.82) is 0 Å². The summed E-state index contributed by atoms with van der Waals surface area (Å²) in [6, 6.07) is 0. The van der Waals surface area contributed by atoms with Crippen molar-refractivity contribution in [3.8, 4) is 11.6 Å². The maximum atomic E-state index is 4.63. The summed E-state index contributed by atoms with van der Waals surface area (Å²) in [5.41, 5.74) is 0. The lowest BCUT2D eigenvalue weighted by atomic mass is 10.4. The largest absolute Gasteiger partial charge is 0.354 e. The number of nitrogens with zero attached hydrogens (tertiary/aromatic N) is 6. The Bertz CT molecular complexity index is 601. The van der Waals surface area contributed by atoms with Crippen molar-refractivity contribution in [1.82, 2.24) is 24.5 Å². The van der Waals surface area contributed by atoms with E-state index in [4.69, 9.17) is 0 Å². The molecule has 1 N–H and O–H groups in total. The molecule has 0 spiro atoms. The van der Waals surface area contributed by atoms with Crippen molar-refractivity contribution in [2.75, 3.05) is 29.9 Å². The van der Waals surface area contributed by atoms with E-state index >= 15 is 0 Å². The van der Waals surface area contributed by atoms with Crippen molar-refractivity contribution in [3.63, 3.8) is 0 Å². The molecule has 2 aromatic heterocycles. The third kappa shape index (κ3) is 2.81. The highest BCUT2D eigenvalue weighted by Crippen LogP contribution is 2.21. The van der Waals surface area contributed by atoms with Crippen LogP contribution in [0.5, 0.6) is 0 Å². The van der Waals surface area contributed by atoms with E-state index in [1.165, 1.54) is 12.8 Å². The normalized spacial score (nSPS) is 14.7. The van der Waals surface area contributed by atoms with E-state index < -0.39 is 0 Å². The van der Waals surface area contributed by atoms with Gasteiger partial charge in [0, 0.05) is 38.6 Å². The molecule has 1 aliphatic rings. The van der Waals surface area contributed by atoms with Gasteiger partial charge in [-0.25, -0.2) is 4.98 Å². The van der Waals surface area contributed by atoms with Crippen LogP contribution in [0.15, 0.2) is 12.4 Å². The number of rotatable bonds is 5. The van der Waals surface area contributed by atoms with Crippen LogP contribution in [0.3, 0.4) is 0 Å². The predicted octanol–water partition coefficient (Wildman–Crippen LogP) is 1.79. The predicted molar refractivity (Wildman–Crippen MR) is 82.3 cm³/mol. The first-order chi connectivity index (χ1) is 10.3. The minimum atomic E-state index is 0.620. The minimum Gasteiger partial charge on any atom is -0.354 e. The van der Waals surface area contributed by atoms with Gasteiger partial charge in [0.25, 0.3) is 0 Å². The van der Waals surface area contributed by atoms with Crippen LogP contribution in [0.4, 0.5) is 11.9 Å². The second-order valence-corrected chi connectivity index (χ2v) is 5.04. The Labute approximate surface area is 124 Å². The fraction of sp³-hybridized carbons (Fsp3) is 0.571. The first-order valence-corrected chi connectivity index (χ1v) is 7.58. The topological polar surface area (TPSA) is 71.8 Å². The van der Waals surface area contributed by atoms with Crippen LogP contribution in [0.25, 0.3) is 11.6 Å². The molecule has 0 unspecified atom stereocenters. The van der Waals surface area contributed by atoms with E-state index in [2.05, 4.69) is 37.1 Å². The zero-order valence-corrected chi connectivity index (χ0v) is 12.6. The molecule has 2 aromatic rings. The smallest absolute Gasteiger partial charge is 0.230 e. The molecular weight excluding hydrogens is 266 g/mol. The molecule has 3 rings (SSSR count). The number of aromatic nitrogens is 5. The van der Waals surface area contributed by atoms with Gasteiger partial charge in [0.05, 0.1) is 0 Å². The van der Waals surface area contributed by atoms with Crippen LogP contribution in [-0.2, 0) is 6.54 Å². The molecule has 0 aliphatic carbocycles. The molecule has 0 aromatic carbocycles. The summed E-state index contributed by atoms with van der Waals surface area (Å²) >= 11 is 0. The fourth-order valence-corrected chi connectivity index (χ4v) is 2.53. The van der Waals surface area contributed by atoms with Crippen LogP contribution >= 0.6 is 0 Å². The maximum absolute atomic E-state index is 4.63. The third-order valence-corrected chi connectivity index (χ3v) is 3.60. The Morgan fingerprint density at radius 1 is 1.14 bits per heavy atom. The van der Waals surface area contributed by atoms with Gasteiger partial charge in [-0.15, -0.1) is 0 Å². The number of imidazole rings is 1. The molecule has 3 heterocycles. The molecule has 0 radical (unpaired) electrons. The first-order valence-electron chi connectivity index (χ1n) is 7.58. The Balaban J connectivity index is 2.02. The lowest BCUT2D eigenvalue weighted by molar-refractivity contribution is 0.761. The van der Waals surface area contributed by atoms with Crippen LogP contribution in [0.2, 0.25) is 0 Å². The molecule has 1 fully saturated rings. The number of aryl methyl sites for hydroxylation is 1. The zero-order valence-electron chi connectivity index (χ0n) is 12.6. The highest BCUT2D eigenvalue weighted by molar-refractivity contribution is 5.51. The Morgan fingerprint density at radius 3 is 2.67 bits per heavy atom. The quantitative estimate of drug-likeness (QED) is 0.904. The van der Waals surface area contributed by atoms with Gasteiger partial charge in [0.15, 0.2) is 5.82 Å². The van der Waals surface area contributed by atoms with E-state index in [0.717, 1.165) is 38.0 Å². The molecule has 0 bridgehead atoms. The number of hydrogen-bond donors (Lipinski definition) is 1. The van der Waals surface area contributed by atoms with Gasteiger partial charge in [-0.3, -0.25) is 0 Å². The van der Waals surface area contributed by atoms with Gasteiger partial charge in [0.2, 0.25) is 17.7 Å². The van der Waals surface area contributed by atoms with Crippen molar-refractivity contribution in [2.24, 2.45) is 0 Å². The van der Waals surface area contributed by atoms with Crippen LogP contribution < -0.4 is 10.2 Å². The summed E-state index contributed by atoms with van der Waals surface area (Å²) in [5, 5.41) is 3.19. The van der Waals surface area contributed by atoms with Gasteiger partial charge >= 0.3 is 0 Å². The summed E-state index contributed by atoms with van der Waals surface area (Å²) in [4.78, 5) is 20.3. The molecule has 0 amide bonds. The van der Waals surface area contributed by atoms with Crippen LogP contribution in [0, 0.1) is 0 Å². The standard InChI is InChI=1S/C14H21N7/c1-3-15-13-17-11(12-16-7-10-20(12)4-2)18-14(19-13)21-8-5-6-9-21/h7,10H,3-6,8-9H2,1-2H3,(H,15,17,18,19). The van der Waals surface area contributed by atoms with E-state index in [1.54, 1.807) is 6.20 Å². The van der Waals surface area contributed by atoms with Gasteiger partial charge in [-0.1, -0.05) is 0 Å². The monoisotopic (exact) mass is 287 g/mol. The zero-order chi connectivity index (χ0) is 14.7. The van der Waals surface area contributed by atoms with Crippen molar-refractivity contribution in [2.45, 2.75) is 33.2 Å². The second-order valence-electron chi connectivity index (χ2n) is 5.04. The lowest BCUT2D eigenvalue weighted by Gasteiger charge is -2.16. The molecule has 0 atom stereocenters. The average molecular weight is 287 g/mol. The van der Waals surface area contributed by atoms with Crippen molar-refractivity contribution in [3.05, 3.63) is 12.4 Å². The molecular formula is C14H21N7. The molecule has 7 heteroatoms. The van der Waals surface area contributed by atoms with Gasteiger partial charge < -0.3 is 14.8 Å². The Kier molecular flexibility index (Phi) is 3.98. The van der Waals surface area contributed by atoms with E-state index in [-0.39, 0.29) is 0 Å². The summed E-state index contributed by atoms with van der Waals surface area (Å²) in [6.45, 7) is 7.77. The van der Waals surface area contributed by atoms with Gasteiger partial charge in [0.1, 0.15) is 0 Å². The summed E-state index contributed by atoms with van der Waals surface area (Å²) in [7, 11) is 0. The highest BCUT2D eigenvalue weighted by Gasteiger charge is 2.19. The third-order valence-electron chi connectivity index (χ3n) is 3.60. The lowest BCUT2D eigenvalue weighted by Crippen LogP contribution is -2.22. The average Bonchev–Trinajstić information content (AvgIpc) is 3.18. The molecule has 7 nitrogen and oxygen atoms in total. The molecule has 112 valence electrons. The molecule has 21 heavy (non-hydrogen) atoms. The number of nitrogens with one attached hydrogen (secondary N) is 1.